The Hall–Kier alpha value is 1.61. The van der Waals surface area contributed by atoms with E-state index in [1.54, 1.807) is 0 Å². The topological polar surface area (TPSA) is 37.3 Å². The molecule has 0 bridgehead atoms. The molecule has 0 aliphatic carbocycles. The van der Waals surface area contributed by atoms with Crippen LogP contribution in [-0.2, 0) is 0 Å². The van der Waals surface area contributed by atoms with Gasteiger partial charge in [-0.15, -0.1) is 0 Å². The highest BCUT2D eigenvalue weighted by atomic mass is 127. The average molecular weight is 640 g/mol. The average Bonchev–Trinajstić information content (AvgIpc) is 2.11. The summed E-state index contributed by atoms with van der Waals surface area (Å²) in [7, 11) is 0. The molecule has 0 unspecified atom stereocenters. The van der Waals surface area contributed by atoms with Crippen molar-refractivity contribution in [2.75, 3.05) is 0 Å². The molecule has 0 heterocycles. The van der Waals surface area contributed by atoms with Crippen LogP contribution >= 0.6 is 90.4 Å². The molecule has 6 heteroatoms. The summed E-state index contributed by atoms with van der Waals surface area (Å²) in [6.07, 6.45) is 0. The van der Waals surface area contributed by atoms with Crippen LogP contribution in [0.25, 0.3) is 0 Å². The van der Waals surface area contributed by atoms with Crippen LogP contribution in [0.2, 0.25) is 0 Å². The van der Waals surface area contributed by atoms with Crippen LogP contribution in [0.15, 0.2) is 0 Å². The summed E-state index contributed by atoms with van der Waals surface area (Å²) >= 11 is 8.50. The van der Waals surface area contributed by atoms with E-state index in [1.807, 2.05) is 0 Å². The lowest BCUT2D eigenvalue weighted by Crippen LogP contribution is -2.03. The second-order valence-corrected chi connectivity index (χ2v) is 6.85. The van der Waals surface area contributed by atoms with Crippen molar-refractivity contribution in [2.24, 2.45) is 0 Å². The van der Waals surface area contributed by atoms with E-state index in [2.05, 4.69) is 90.4 Å². The highest BCUT2D eigenvalue weighted by Gasteiger charge is 2.20. The summed E-state index contributed by atoms with van der Waals surface area (Å²) in [6, 6.07) is 0. The summed E-state index contributed by atoms with van der Waals surface area (Å²) in [6.45, 7) is 1.47. The zero-order chi connectivity index (χ0) is 11.0. The molecule has 0 spiro atoms. The van der Waals surface area contributed by atoms with Crippen molar-refractivity contribution in [1.82, 2.24) is 0 Å². The molecule has 1 aromatic carbocycles. The number of rotatable bonds is 1. The van der Waals surface area contributed by atoms with E-state index in [-0.39, 0.29) is 11.5 Å². The monoisotopic (exact) mass is 640 g/mol. The number of carbonyl (C=O) groups is 1. The summed E-state index contributed by atoms with van der Waals surface area (Å²) in [5.41, 5.74) is 0.430. The van der Waals surface area contributed by atoms with Gasteiger partial charge in [0.05, 0.1) is 9.13 Å². The number of benzene rings is 1. The lowest BCUT2D eigenvalue weighted by Gasteiger charge is -2.10. The summed E-state index contributed by atoms with van der Waals surface area (Å²) in [5, 5.41) is 9.81. The third-order valence-electron chi connectivity index (χ3n) is 1.59. The zero-order valence-corrected chi connectivity index (χ0v) is 15.5. The lowest BCUT2D eigenvalue weighted by molar-refractivity contribution is 0.101. The Labute approximate surface area is 136 Å². The van der Waals surface area contributed by atoms with E-state index < -0.39 is 0 Å². The Morgan fingerprint density at radius 1 is 1.00 bits per heavy atom. The van der Waals surface area contributed by atoms with Crippen molar-refractivity contribution >= 4 is 96.1 Å². The van der Waals surface area contributed by atoms with Gasteiger partial charge < -0.3 is 5.11 Å². The zero-order valence-electron chi connectivity index (χ0n) is 6.87. The smallest absolute Gasteiger partial charge is 0.164 e. The molecule has 0 saturated carbocycles. The second-order valence-electron chi connectivity index (χ2n) is 2.54. The molecule has 76 valence electrons. The van der Waals surface area contributed by atoms with Gasteiger partial charge in [0.1, 0.15) is 5.75 Å². The van der Waals surface area contributed by atoms with Gasteiger partial charge in [0.2, 0.25) is 0 Å². The van der Waals surface area contributed by atoms with Gasteiger partial charge in [-0.25, -0.2) is 0 Å². The summed E-state index contributed by atoms with van der Waals surface area (Å²) in [4.78, 5) is 11.3. The van der Waals surface area contributed by atoms with Gasteiger partial charge in [-0.3, -0.25) is 4.79 Å². The molecule has 2 nitrogen and oxygen atoms in total. The minimum atomic E-state index is -0.0980. The van der Waals surface area contributed by atoms with Crippen molar-refractivity contribution in [3.05, 3.63) is 19.8 Å². The first-order chi connectivity index (χ1) is 6.37. The Morgan fingerprint density at radius 2 is 1.43 bits per heavy atom. The van der Waals surface area contributed by atoms with Crippen LogP contribution in [0, 0.1) is 14.3 Å². The van der Waals surface area contributed by atoms with E-state index in [4.69, 9.17) is 0 Å². The Bertz CT molecular complexity index is 385. The molecule has 0 fully saturated rings. The predicted octanol–water partition coefficient (Wildman–Crippen LogP) is 4.01. The van der Waals surface area contributed by atoms with Crippen LogP contribution < -0.4 is 0 Å². The number of Topliss-reactive ketones (excluding diaryl/α,β-unsaturated/α-hetero) is 1. The molecule has 1 rings (SSSR count). The summed E-state index contributed by atoms with van der Waals surface area (Å²) in [5.74, 6) is 0.00597. The molecule has 0 saturated heterocycles. The standard InChI is InChI=1S/C8H4I4O2/c1-2(13)3-4(9)5(10)6(11)7(12)8(3)14/h14H,1H3. The molecule has 14 heavy (non-hydrogen) atoms. The number of carbonyl (C=O) groups excluding carboxylic acids is 1. The molecule has 0 aromatic heterocycles. The third-order valence-corrected chi connectivity index (χ3v) is 8.98. The number of hydrogen-bond donors (Lipinski definition) is 1. The molecular formula is C8H4I4O2. The minimum Gasteiger partial charge on any atom is -0.506 e. The molecular weight excluding hydrogens is 636 g/mol. The van der Waals surface area contributed by atoms with Gasteiger partial charge in [0.25, 0.3) is 0 Å². The molecule has 0 aliphatic heterocycles. The van der Waals surface area contributed by atoms with Crippen LogP contribution in [0.1, 0.15) is 17.3 Å². The SMILES string of the molecule is CC(=O)c1c(O)c(I)c(I)c(I)c1I. The maximum Gasteiger partial charge on any atom is 0.164 e. The number of hydrogen-bond acceptors (Lipinski definition) is 2. The molecule has 1 aromatic rings. The Morgan fingerprint density at radius 3 is 1.86 bits per heavy atom. The maximum atomic E-state index is 11.3. The summed E-state index contributed by atoms with van der Waals surface area (Å²) < 4.78 is 3.60. The first-order valence-electron chi connectivity index (χ1n) is 3.43. The lowest BCUT2D eigenvalue weighted by atomic mass is 10.1. The fourth-order valence-electron chi connectivity index (χ4n) is 0.941. The van der Waals surface area contributed by atoms with Crippen LogP contribution in [0.5, 0.6) is 5.75 Å². The fourth-order valence-corrected chi connectivity index (χ4v) is 4.48. The van der Waals surface area contributed by atoms with Gasteiger partial charge in [0, 0.05) is 10.7 Å². The number of ketones is 1. The van der Waals surface area contributed by atoms with E-state index in [9.17, 15) is 9.90 Å². The quantitative estimate of drug-likeness (QED) is 0.218. The molecule has 1 N–H and O–H groups in total. The molecule has 0 radical (unpaired) electrons. The van der Waals surface area contributed by atoms with Gasteiger partial charge in [0.15, 0.2) is 5.78 Å². The first-order valence-corrected chi connectivity index (χ1v) is 7.75. The predicted molar refractivity (Wildman–Crippen MR) is 89.0 cm³/mol. The normalized spacial score (nSPS) is 10.4. The largest absolute Gasteiger partial charge is 0.506 e. The molecule has 0 atom stereocenters. The van der Waals surface area contributed by atoms with Crippen LogP contribution in [0.3, 0.4) is 0 Å². The Kier molecular flexibility index (Phi) is 5.17. The third kappa shape index (κ3) is 2.47. The van der Waals surface area contributed by atoms with Crippen molar-refractivity contribution in [1.29, 1.82) is 0 Å². The Balaban J connectivity index is 3.68. The van der Waals surface area contributed by atoms with Crippen molar-refractivity contribution < 1.29 is 9.90 Å². The maximum absolute atomic E-state index is 11.3. The fraction of sp³-hybridized carbons (Fsp3) is 0.125. The number of phenolic OH excluding ortho intramolecular Hbond substituents is 1. The second kappa shape index (κ2) is 5.29. The van der Waals surface area contributed by atoms with Crippen molar-refractivity contribution in [3.63, 3.8) is 0 Å². The molecule has 0 amide bonds. The highest BCUT2D eigenvalue weighted by Crippen LogP contribution is 2.36. The van der Waals surface area contributed by atoms with Crippen molar-refractivity contribution in [3.8, 4) is 5.75 Å². The number of halogens is 4. The van der Waals surface area contributed by atoms with E-state index in [0.717, 1.165) is 14.3 Å². The number of phenols is 1. The highest BCUT2D eigenvalue weighted by molar-refractivity contribution is 14.1. The number of aromatic hydroxyl groups is 1. The first kappa shape index (κ1) is 13.7. The van der Waals surface area contributed by atoms with E-state index in [1.165, 1.54) is 6.92 Å². The molecule has 0 aliphatic rings. The van der Waals surface area contributed by atoms with Crippen molar-refractivity contribution in [2.45, 2.75) is 6.92 Å². The van der Waals surface area contributed by atoms with Crippen LogP contribution in [0.4, 0.5) is 0 Å². The van der Waals surface area contributed by atoms with E-state index in [0.29, 0.717) is 5.56 Å². The minimum absolute atomic E-state index is 0.0980. The van der Waals surface area contributed by atoms with Crippen LogP contribution in [-0.4, -0.2) is 10.9 Å². The van der Waals surface area contributed by atoms with Gasteiger partial charge in [-0.2, -0.15) is 0 Å². The van der Waals surface area contributed by atoms with Gasteiger partial charge in [-0.05, 0) is 97.3 Å². The van der Waals surface area contributed by atoms with E-state index >= 15 is 0 Å². The van der Waals surface area contributed by atoms with Gasteiger partial charge >= 0.3 is 0 Å². The van der Waals surface area contributed by atoms with Gasteiger partial charge in [-0.1, -0.05) is 0 Å².